The van der Waals surface area contributed by atoms with Gasteiger partial charge < -0.3 is 22.1 Å². The minimum absolute atomic E-state index is 0. The molecule has 0 saturated carbocycles. The van der Waals surface area contributed by atoms with Crippen LogP contribution in [0.15, 0.2) is 0 Å². The Morgan fingerprint density at radius 2 is 1.94 bits per heavy atom. The first kappa shape index (κ1) is 17.8. The summed E-state index contributed by atoms with van der Waals surface area (Å²) in [6, 6.07) is 0. The predicted molar refractivity (Wildman–Crippen MR) is 53.2 cm³/mol. The second kappa shape index (κ2) is 7.69. The van der Waals surface area contributed by atoms with Crippen molar-refractivity contribution in [2.45, 2.75) is 26.4 Å². The molecule has 0 unspecified atom stereocenters. The van der Waals surface area contributed by atoms with E-state index in [9.17, 15) is 14.7 Å². The van der Waals surface area contributed by atoms with Crippen LogP contribution in [-0.2, 0) is 9.59 Å². The predicted octanol–water partition coefficient (Wildman–Crippen LogP) is -3.93. The molecule has 0 saturated heterocycles. The van der Waals surface area contributed by atoms with Gasteiger partial charge in [0.15, 0.2) is 0 Å². The second-order valence-corrected chi connectivity index (χ2v) is 3.98. The van der Waals surface area contributed by atoms with Crippen LogP contribution in [0.2, 0.25) is 0 Å². The van der Waals surface area contributed by atoms with E-state index in [1.165, 1.54) is 13.8 Å². The molecule has 0 spiro atoms. The maximum absolute atomic E-state index is 11.3. The molecular formula is C9H18LiNO5. The van der Waals surface area contributed by atoms with Crippen LogP contribution in [0.1, 0.15) is 21.7 Å². The monoisotopic (exact) mass is 227 g/mol. The number of rotatable bonds is 6. The Labute approximate surface area is 108 Å². The molecule has 0 aromatic rings. The van der Waals surface area contributed by atoms with Crippen molar-refractivity contribution in [3.05, 3.63) is 0 Å². The fourth-order valence-corrected chi connectivity index (χ4v) is 0.831. The van der Waals surface area contributed by atoms with Gasteiger partial charge in [0, 0.05) is 12.0 Å². The molecule has 0 aliphatic rings. The van der Waals surface area contributed by atoms with Crippen LogP contribution in [0, 0.1) is 5.41 Å². The minimum Gasteiger partial charge on any atom is -1.00 e. The summed E-state index contributed by atoms with van der Waals surface area (Å²) in [6.07, 6.45) is -1.55. The van der Waals surface area contributed by atoms with E-state index in [0.29, 0.717) is 0 Å². The van der Waals surface area contributed by atoms with Gasteiger partial charge in [0.1, 0.15) is 6.10 Å². The zero-order valence-corrected chi connectivity index (χ0v) is 9.86. The second-order valence-electron chi connectivity index (χ2n) is 3.98. The third-order valence-electron chi connectivity index (χ3n) is 2.03. The fourth-order valence-electron chi connectivity index (χ4n) is 0.831. The Kier molecular flexibility index (Phi) is 8.57. The Morgan fingerprint density at radius 3 is 2.31 bits per heavy atom. The maximum atomic E-state index is 11.3. The number of carbonyl (C=O) groups excluding carboxylic acids is 1. The van der Waals surface area contributed by atoms with Crippen molar-refractivity contribution in [3.63, 3.8) is 0 Å². The van der Waals surface area contributed by atoms with Gasteiger partial charge in [-0.25, -0.2) is 0 Å². The van der Waals surface area contributed by atoms with Crippen molar-refractivity contribution in [2.24, 2.45) is 5.41 Å². The van der Waals surface area contributed by atoms with Gasteiger partial charge in [0.25, 0.3) is 0 Å². The van der Waals surface area contributed by atoms with Crippen LogP contribution >= 0.6 is 0 Å². The third-order valence-corrected chi connectivity index (χ3v) is 2.03. The van der Waals surface area contributed by atoms with E-state index < -0.39 is 23.4 Å². The summed E-state index contributed by atoms with van der Waals surface area (Å²) in [4.78, 5) is 21.4. The van der Waals surface area contributed by atoms with Gasteiger partial charge in [0.2, 0.25) is 5.91 Å². The van der Waals surface area contributed by atoms with Crippen LogP contribution in [0.3, 0.4) is 0 Å². The zero-order valence-electron chi connectivity index (χ0n) is 10.9. The quantitative estimate of drug-likeness (QED) is 0.347. The van der Waals surface area contributed by atoms with Crippen molar-refractivity contribution in [1.29, 1.82) is 0 Å². The number of amides is 1. The molecule has 0 radical (unpaired) electrons. The number of carbonyl (C=O) groups is 2. The molecule has 0 fully saturated rings. The van der Waals surface area contributed by atoms with Crippen molar-refractivity contribution in [3.8, 4) is 0 Å². The summed E-state index contributed by atoms with van der Waals surface area (Å²) in [5, 5.41) is 29.0. The summed E-state index contributed by atoms with van der Waals surface area (Å²) in [5.41, 5.74) is -0.937. The topological polar surface area (TPSA) is 107 Å². The molecule has 90 valence electrons. The summed E-state index contributed by atoms with van der Waals surface area (Å²) < 4.78 is 0. The molecule has 1 amide bonds. The SMILES string of the molecule is CC(C)(CO)[C@@H](O)C(=O)NCCC(=O)O.[H-].[Li+]. The van der Waals surface area contributed by atoms with Crippen LogP contribution in [0.25, 0.3) is 0 Å². The molecule has 0 rings (SSSR count). The van der Waals surface area contributed by atoms with E-state index in [0.717, 1.165) is 0 Å². The Hall–Kier alpha value is -0.543. The fraction of sp³-hybridized carbons (Fsp3) is 0.778. The van der Waals surface area contributed by atoms with Crippen LogP contribution in [0.4, 0.5) is 0 Å². The number of nitrogens with one attached hydrogen (secondary N) is 1. The molecule has 16 heavy (non-hydrogen) atoms. The van der Waals surface area contributed by atoms with Gasteiger partial charge >= 0.3 is 24.8 Å². The first-order chi connectivity index (χ1) is 6.81. The summed E-state index contributed by atoms with van der Waals surface area (Å²) in [5.74, 6) is -1.69. The molecule has 1 atom stereocenters. The molecule has 7 heteroatoms. The zero-order chi connectivity index (χ0) is 12.1. The van der Waals surface area contributed by atoms with Crippen LogP contribution < -0.4 is 24.2 Å². The summed E-state index contributed by atoms with van der Waals surface area (Å²) in [7, 11) is 0. The van der Waals surface area contributed by atoms with Gasteiger partial charge in [-0.15, -0.1) is 0 Å². The van der Waals surface area contributed by atoms with Gasteiger partial charge in [-0.1, -0.05) is 13.8 Å². The molecule has 0 aliphatic carbocycles. The third kappa shape index (κ3) is 6.13. The standard InChI is InChI=1S/C9H17NO5.Li.H/c1-9(2,5-11)7(14)8(15)10-4-3-6(12)13;;/h7,11,14H,3-5H2,1-2H3,(H,10,15)(H,12,13);;/q;+1;-1/t7-;;/m0../s1. The number of carboxylic acid groups (broad SMARTS) is 1. The normalized spacial score (nSPS) is 12.5. The molecule has 0 aliphatic heterocycles. The number of aliphatic hydroxyl groups excluding tert-OH is 2. The molecule has 0 bridgehead atoms. The minimum atomic E-state index is -1.35. The van der Waals surface area contributed by atoms with Crippen LogP contribution in [0.5, 0.6) is 0 Å². The first-order valence-electron chi connectivity index (χ1n) is 4.59. The van der Waals surface area contributed by atoms with Crippen molar-refractivity contribution < 1.29 is 45.2 Å². The summed E-state index contributed by atoms with van der Waals surface area (Å²) >= 11 is 0. The Morgan fingerprint density at radius 1 is 1.44 bits per heavy atom. The molecule has 0 aromatic carbocycles. The maximum Gasteiger partial charge on any atom is 1.00 e. The molecule has 0 heterocycles. The number of aliphatic carboxylic acids is 1. The van der Waals surface area contributed by atoms with E-state index in [-0.39, 0.29) is 39.9 Å². The largest absolute Gasteiger partial charge is 1.00 e. The number of carboxylic acids is 1. The number of hydrogen-bond acceptors (Lipinski definition) is 4. The van der Waals surface area contributed by atoms with Crippen molar-refractivity contribution in [1.82, 2.24) is 5.32 Å². The van der Waals surface area contributed by atoms with Gasteiger partial charge in [-0.05, 0) is 0 Å². The van der Waals surface area contributed by atoms with Gasteiger partial charge in [-0.2, -0.15) is 0 Å². The van der Waals surface area contributed by atoms with Gasteiger partial charge in [0.05, 0.1) is 13.0 Å². The van der Waals surface area contributed by atoms with E-state index in [4.69, 9.17) is 10.2 Å². The smallest absolute Gasteiger partial charge is 1.00 e. The Bertz CT molecular complexity index is 250. The van der Waals surface area contributed by atoms with Crippen molar-refractivity contribution >= 4 is 11.9 Å². The number of aliphatic hydroxyl groups is 2. The van der Waals surface area contributed by atoms with Crippen molar-refractivity contribution in [2.75, 3.05) is 13.2 Å². The molecule has 6 nitrogen and oxygen atoms in total. The average Bonchev–Trinajstić information content (AvgIpc) is 2.15. The van der Waals surface area contributed by atoms with E-state index in [1.807, 2.05) is 0 Å². The van der Waals surface area contributed by atoms with E-state index >= 15 is 0 Å². The number of hydrogen-bond donors (Lipinski definition) is 4. The van der Waals surface area contributed by atoms with Crippen LogP contribution in [-0.4, -0.2) is 46.5 Å². The Balaban J connectivity index is -0.000000980. The summed E-state index contributed by atoms with van der Waals surface area (Å²) in [6.45, 7) is 2.70. The van der Waals surface area contributed by atoms with E-state index in [1.54, 1.807) is 0 Å². The molecule has 4 N–H and O–H groups in total. The van der Waals surface area contributed by atoms with Gasteiger partial charge in [-0.3, -0.25) is 9.59 Å². The van der Waals surface area contributed by atoms with E-state index in [2.05, 4.69) is 5.32 Å². The molecular weight excluding hydrogens is 209 g/mol. The molecule has 0 aromatic heterocycles. The average molecular weight is 227 g/mol. The first-order valence-corrected chi connectivity index (χ1v) is 4.59.